The maximum atomic E-state index is 14.9. The van der Waals surface area contributed by atoms with Crippen LogP contribution in [0.3, 0.4) is 0 Å². The maximum absolute atomic E-state index is 14.9. The molecular formula is C31H29Cl2F2I2N5O4. The highest BCUT2D eigenvalue weighted by molar-refractivity contribution is 14.1. The molecule has 0 aliphatic carbocycles. The van der Waals surface area contributed by atoms with Gasteiger partial charge in [-0.1, -0.05) is 23.2 Å². The van der Waals surface area contributed by atoms with E-state index in [2.05, 4.69) is 60.4 Å². The van der Waals surface area contributed by atoms with Crippen LogP contribution in [0.1, 0.15) is 69.6 Å². The van der Waals surface area contributed by atoms with E-state index in [1.807, 2.05) is 0 Å². The third-order valence-electron chi connectivity index (χ3n) is 7.90. The number of hydrogen-bond donors (Lipinski definition) is 1. The standard InChI is InChI=1S/C19H17Cl2FIN3O2.C12H12FIN2O2/c1-10(18-12(20)8-24-9-13(18)21)28-16-6-11-15(7-14(16)22)26(25-19(11)23)17-4-2-3-5-27-17;13-8-6-9-7(5-10(8)17)12(14)15-16(9)11-3-1-2-4-18-11/h6-10,17H,2-5H2,1H3;5-6,11,17H,1-4H2/t10-,17?;/m1./s1. The Morgan fingerprint density at radius 1 is 0.848 bits per heavy atom. The van der Waals surface area contributed by atoms with E-state index >= 15 is 0 Å². The summed E-state index contributed by atoms with van der Waals surface area (Å²) in [7, 11) is 0. The molecule has 0 radical (unpaired) electrons. The van der Waals surface area contributed by atoms with E-state index in [4.69, 9.17) is 37.4 Å². The van der Waals surface area contributed by atoms with Crippen LogP contribution in [0.2, 0.25) is 10.0 Å². The third-order valence-corrected chi connectivity index (χ3v) is 10.1. The lowest BCUT2D eigenvalue weighted by atomic mass is 10.1. The molecule has 2 saturated heterocycles. The van der Waals surface area contributed by atoms with Gasteiger partial charge >= 0.3 is 0 Å². The topological polar surface area (TPSA) is 96.5 Å². The van der Waals surface area contributed by atoms with Crippen molar-refractivity contribution in [3.05, 3.63) is 71.3 Å². The molecule has 1 N–H and O–H groups in total. The summed E-state index contributed by atoms with van der Waals surface area (Å²) in [5.74, 6) is -1.33. The van der Waals surface area contributed by atoms with Crippen molar-refractivity contribution in [3.63, 3.8) is 0 Å². The monoisotopic (exact) mass is 897 g/mol. The lowest BCUT2D eigenvalue weighted by molar-refractivity contribution is -0.0370. The van der Waals surface area contributed by atoms with E-state index in [1.165, 1.54) is 30.6 Å². The number of aromatic hydroxyl groups is 1. The maximum Gasteiger partial charge on any atom is 0.167 e. The third kappa shape index (κ3) is 7.04. The molecule has 5 aromatic rings. The van der Waals surface area contributed by atoms with Gasteiger partial charge in [0.2, 0.25) is 0 Å². The molecule has 244 valence electrons. The second-order valence-electron chi connectivity index (χ2n) is 11.0. The first-order chi connectivity index (χ1) is 22.1. The quantitative estimate of drug-likeness (QED) is 0.176. The van der Waals surface area contributed by atoms with Crippen molar-refractivity contribution in [2.75, 3.05) is 13.2 Å². The van der Waals surface area contributed by atoms with Crippen molar-refractivity contribution in [2.24, 2.45) is 0 Å². The molecule has 2 aromatic carbocycles. The second kappa shape index (κ2) is 14.6. The predicted molar refractivity (Wildman–Crippen MR) is 187 cm³/mol. The molecule has 0 saturated carbocycles. The van der Waals surface area contributed by atoms with Crippen molar-refractivity contribution in [1.82, 2.24) is 24.5 Å². The van der Waals surface area contributed by atoms with Gasteiger partial charge in [-0.25, -0.2) is 18.1 Å². The van der Waals surface area contributed by atoms with Gasteiger partial charge in [0.05, 0.1) is 21.1 Å². The Kier molecular flexibility index (Phi) is 10.7. The van der Waals surface area contributed by atoms with Crippen LogP contribution in [0.15, 0.2) is 36.7 Å². The van der Waals surface area contributed by atoms with Gasteiger partial charge in [-0.3, -0.25) is 4.98 Å². The minimum Gasteiger partial charge on any atom is -0.505 e. The van der Waals surface area contributed by atoms with Gasteiger partial charge in [-0.2, -0.15) is 10.2 Å². The van der Waals surface area contributed by atoms with E-state index in [0.29, 0.717) is 39.9 Å². The molecule has 2 aliphatic rings. The van der Waals surface area contributed by atoms with Gasteiger partial charge < -0.3 is 19.3 Å². The lowest BCUT2D eigenvalue weighted by Gasteiger charge is -2.23. The molecule has 2 fully saturated rings. The van der Waals surface area contributed by atoms with Crippen molar-refractivity contribution in [3.8, 4) is 11.5 Å². The van der Waals surface area contributed by atoms with Gasteiger partial charge in [0, 0.05) is 54.1 Å². The van der Waals surface area contributed by atoms with E-state index in [0.717, 1.165) is 56.7 Å². The molecule has 5 heterocycles. The van der Waals surface area contributed by atoms with Gasteiger partial charge in [0.15, 0.2) is 35.6 Å². The summed E-state index contributed by atoms with van der Waals surface area (Å²) in [6.45, 7) is 3.17. The summed E-state index contributed by atoms with van der Waals surface area (Å²) < 4.78 is 50.7. The van der Waals surface area contributed by atoms with Gasteiger partial charge in [0.25, 0.3) is 0 Å². The Labute approximate surface area is 300 Å². The van der Waals surface area contributed by atoms with Crippen molar-refractivity contribution in [1.29, 1.82) is 0 Å². The number of hydrogen-bond acceptors (Lipinski definition) is 7. The Bertz CT molecular complexity index is 1860. The zero-order valence-electron chi connectivity index (χ0n) is 24.5. The Morgan fingerprint density at radius 2 is 1.37 bits per heavy atom. The average Bonchev–Trinajstić information content (AvgIpc) is 3.53. The molecule has 2 unspecified atom stereocenters. The first kappa shape index (κ1) is 33.8. The fraction of sp³-hybridized carbons (Fsp3) is 0.387. The largest absolute Gasteiger partial charge is 0.505 e. The van der Waals surface area contributed by atoms with Crippen LogP contribution in [0.4, 0.5) is 8.78 Å². The highest BCUT2D eigenvalue weighted by atomic mass is 127. The molecule has 15 heteroatoms. The number of aromatic nitrogens is 5. The highest BCUT2D eigenvalue weighted by Gasteiger charge is 2.24. The van der Waals surface area contributed by atoms with Gasteiger partial charge in [0.1, 0.15) is 13.5 Å². The Balaban J connectivity index is 0.000000178. The van der Waals surface area contributed by atoms with E-state index in [9.17, 15) is 13.9 Å². The Hall–Kier alpha value is -2.05. The van der Waals surface area contributed by atoms with Crippen LogP contribution in [0.25, 0.3) is 21.8 Å². The highest BCUT2D eigenvalue weighted by Crippen LogP contribution is 2.37. The molecular weight excluding hydrogens is 869 g/mol. The molecule has 0 amide bonds. The lowest BCUT2D eigenvalue weighted by Crippen LogP contribution is -2.19. The molecule has 3 atom stereocenters. The van der Waals surface area contributed by atoms with E-state index in [-0.39, 0.29) is 24.0 Å². The molecule has 2 aliphatic heterocycles. The van der Waals surface area contributed by atoms with Crippen LogP contribution in [-0.2, 0) is 9.47 Å². The molecule has 7 rings (SSSR count). The van der Waals surface area contributed by atoms with Gasteiger partial charge in [-0.15, -0.1) is 0 Å². The van der Waals surface area contributed by atoms with Crippen LogP contribution in [0, 0.1) is 19.0 Å². The number of phenols is 1. The summed E-state index contributed by atoms with van der Waals surface area (Å²) in [5, 5.41) is 20.7. The smallest absolute Gasteiger partial charge is 0.167 e. The summed E-state index contributed by atoms with van der Waals surface area (Å²) in [6, 6.07) is 5.84. The van der Waals surface area contributed by atoms with Crippen LogP contribution >= 0.6 is 68.4 Å². The minimum absolute atomic E-state index is 0.117. The Morgan fingerprint density at radius 3 is 1.89 bits per heavy atom. The van der Waals surface area contributed by atoms with Crippen molar-refractivity contribution >= 4 is 90.2 Å². The number of phenolic OH excluding ortho intramolecular Hbond substituents is 1. The predicted octanol–water partition coefficient (Wildman–Crippen LogP) is 9.51. The number of pyridine rings is 1. The first-order valence-electron chi connectivity index (χ1n) is 14.7. The minimum atomic E-state index is -0.629. The van der Waals surface area contributed by atoms with Crippen LogP contribution in [0.5, 0.6) is 11.5 Å². The fourth-order valence-electron chi connectivity index (χ4n) is 5.63. The molecule has 9 nitrogen and oxygen atoms in total. The SMILES string of the molecule is C[C@@H](Oc1cc2c(I)nn(C3CCCCO3)c2cc1F)c1c(Cl)cncc1Cl.Oc1cc2c(I)nn(C3CCCCO3)c2cc1F. The number of halogens is 6. The summed E-state index contributed by atoms with van der Waals surface area (Å²) in [4.78, 5) is 3.93. The van der Waals surface area contributed by atoms with Crippen LogP contribution < -0.4 is 4.74 Å². The summed E-state index contributed by atoms with van der Waals surface area (Å²) >= 11 is 16.6. The first-order valence-corrected chi connectivity index (χ1v) is 17.7. The van der Waals surface area contributed by atoms with Crippen LogP contribution in [-0.4, -0.2) is 42.9 Å². The normalized spacial score (nSPS) is 19.2. The molecule has 46 heavy (non-hydrogen) atoms. The van der Waals surface area contributed by atoms with E-state index in [1.54, 1.807) is 22.4 Å². The second-order valence-corrected chi connectivity index (χ2v) is 13.9. The number of rotatable bonds is 5. The number of nitrogens with zero attached hydrogens (tertiary/aromatic N) is 5. The zero-order valence-corrected chi connectivity index (χ0v) is 30.4. The molecule has 0 bridgehead atoms. The average molecular weight is 898 g/mol. The summed E-state index contributed by atoms with van der Waals surface area (Å²) in [5.41, 5.74) is 1.93. The molecule has 0 spiro atoms. The summed E-state index contributed by atoms with van der Waals surface area (Å²) in [6.07, 6.45) is 8.12. The number of benzene rings is 2. The fourth-order valence-corrected chi connectivity index (χ4v) is 7.63. The number of ether oxygens (including phenoxy) is 3. The van der Waals surface area contributed by atoms with Gasteiger partial charge in [-0.05, 0) is 103 Å². The van der Waals surface area contributed by atoms with Crippen molar-refractivity contribution in [2.45, 2.75) is 64.0 Å². The van der Waals surface area contributed by atoms with E-state index < -0.39 is 17.7 Å². The number of fused-ring (bicyclic) bond motifs is 2. The zero-order chi connectivity index (χ0) is 32.5. The molecule has 3 aromatic heterocycles. The van der Waals surface area contributed by atoms with Crippen molar-refractivity contribution < 1.29 is 28.1 Å².